The molecule has 1 aliphatic rings. The van der Waals surface area contributed by atoms with Gasteiger partial charge in [-0.2, -0.15) is 4.98 Å². The van der Waals surface area contributed by atoms with Crippen molar-refractivity contribution in [2.45, 2.75) is 44.9 Å². The maximum Gasteiger partial charge on any atom is 0.411 e. The van der Waals surface area contributed by atoms with Crippen LogP contribution in [-0.4, -0.2) is 65.4 Å². The van der Waals surface area contributed by atoms with Crippen molar-refractivity contribution in [3.63, 3.8) is 0 Å². The highest BCUT2D eigenvalue weighted by Crippen LogP contribution is 2.32. The lowest BCUT2D eigenvalue weighted by molar-refractivity contribution is -0.145. The smallest absolute Gasteiger partial charge is 0.411 e. The molecule has 4 rings (SSSR count). The number of nitrogens with zero attached hydrogens (tertiary/aromatic N) is 3. The van der Waals surface area contributed by atoms with E-state index in [9.17, 15) is 9.59 Å². The molecule has 0 saturated carbocycles. The van der Waals surface area contributed by atoms with Crippen LogP contribution in [0.2, 0.25) is 0 Å². The number of fused-ring (bicyclic) bond motifs is 1. The molecular formula is C26H29N3O6. The number of rotatable bonds is 5. The molecule has 0 spiro atoms. The van der Waals surface area contributed by atoms with E-state index in [1.54, 1.807) is 33.9 Å². The van der Waals surface area contributed by atoms with E-state index in [2.05, 4.69) is 4.98 Å². The van der Waals surface area contributed by atoms with Gasteiger partial charge < -0.3 is 18.9 Å². The van der Waals surface area contributed by atoms with Crippen LogP contribution < -0.4 is 9.47 Å². The van der Waals surface area contributed by atoms with Crippen LogP contribution in [0, 0.1) is 0 Å². The van der Waals surface area contributed by atoms with Crippen molar-refractivity contribution in [3.05, 3.63) is 48.5 Å². The van der Waals surface area contributed by atoms with E-state index in [0.717, 1.165) is 5.56 Å². The van der Waals surface area contributed by atoms with Crippen molar-refractivity contribution in [1.82, 2.24) is 14.9 Å². The van der Waals surface area contributed by atoms with E-state index in [4.69, 9.17) is 23.9 Å². The van der Waals surface area contributed by atoms with Crippen LogP contribution in [0.3, 0.4) is 0 Å². The fourth-order valence-corrected chi connectivity index (χ4v) is 3.94. The summed E-state index contributed by atoms with van der Waals surface area (Å²) in [6.07, 6.45) is -0.875. The predicted octanol–water partition coefficient (Wildman–Crippen LogP) is 4.24. The lowest BCUT2D eigenvalue weighted by Crippen LogP contribution is -2.44. The Hall–Kier alpha value is -3.88. The summed E-state index contributed by atoms with van der Waals surface area (Å²) in [5.41, 5.74) is 0.811. The zero-order valence-electron chi connectivity index (χ0n) is 20.5. The first kappa shape index (κ1) is 24.3. The van der Waals surface area contributed by atoms with Gasteiger partial charge in [0.2, 0.25) is 5.88 Å². The van der Waals surface area contributed by atoms with Gasteiger partial charge in [-0.3, -0.25) is 4.90 Å². The molecule has 1 aromatic heterocycles. The molecule has 2 heterocycles. The fraction of sp³-hybridized carbons (Fsp3) is 0.385. The maximum atomic E-state index is 12.8. The Balaban J connectivity index is 1.69. The number of hydrogen-bond donors (Lipinski definition) is 0. The summed E-state index contributed by atoms with van der Waals surface area (Å²) in [4.78, 5) is 36.0. The minimum Gasteiger partial charge on any atom is -0.497 e. The number of carbonyl (C=O) groups excluding carboxylic acids is 2. The van der Waals surface area contributed by atoms with E-state index in [1.165, 1.54) is 12.0 Å². The van der Waals surface area contributed by atoms with E-state index in [-0.39, 0.29) is 13.0 Å². The summed E-state index contributed by atoms with van der Waals surface area (Å²) in [6, 6.07) is 14.2. The summed E-state index contributed by atoms with van der Waals surface area (Å²) in [5, 5.41) is 0.661. The van der Waals surface area contributed by atoms with Crippen molar-refractivity contribution in [2.75, 3.05) is 20.8 Å². The number of benzene rings is 2. The van der Waals surface area contributed by atoms with Gasteiger partial charge in [0.25, 0.3) is 0 Å². The molecule has 2 aromatic carbocycles. The lowest BCUT2D eigenvalue weighted by Gasteiger charge is -2.27. The van der Waals surface area contributed by atoms with E-state index >= 15 is 0 Å². The molecule has 0 aliphatic carbocycles. The molecule has 1 aliphatic heterocycles. The second-order valence-corrected chi connectivity index (χ2v) is 9.25. The Bertz CT molecular complexity index is 1220. The number of aromatic nitrogens is 2. The molecule has 2 atom stereocenters. The van der Waals surface area contributed by atoms with Gasteiger partial charge in [-0.05, 0) is 39.0 Å². The fourth-order valence-electron chi connectivity index (χ4n) is 3.94. The van der Waals surface area contributed by atoms with Gasteiger partial charge in [-0.15, -0.1) is 0 Å². The second kappa shape index (κ2) is 9.77. The summed E-state index contributed by atoms with van der Waals surface area (Å²) in [5.74, 6) is 0.950. The Kier molecular flexibility index (Phi) is 6.77. The average Bonchev–Trinajstić information content (AvgIpc) is 3.26. The van der Waals surface area contributed by atoms with Crippen LogP contribution in [0.5, 0.6) is 11.6 Å². The highest BCUT2D eigenvalue weighted by molar-refractivity contribution is 5.87. The van der Waals surface area contributed by atoms with Crippen molar-refractivity contribution in [1.29, 1.82) is 0 Å². The molecule has 35 heavy (non-hydrogen) atoms. The highest BCUT2D eigenvalue weighted by atomic mass is 16.6. The molecule has 1 saturated heterocycles. The Labute approximate surface area is 204 Å². The Morgan fingerprint density at radius 2 is 1.77 bits per heavy atom. The SMILES string of the molecule is COC(=O)[C@@H]1CC(Oc2nc(-c3ccccc3)nc3ccc(OC)cc23)CN1C(=O)OC(C)(C)C. The molecule has 0 N–H and O–H groups in total. The first-order valence-electron chi connectivity index (χ1n) is 11.3. The number of methoxy groups -OCH3 is 2. The topological polar surface area (TPSA) is 100 Å². The van der Waals surface area contributed by atoms with Crippen LogP contribution in [0.15, 0.2) is 48.5 Å². The molecule has 3 aromatic rings. The summed E-state index contributed by atoms with van der Waals surface area (Å²) >= 11 is 0. The van der Waals surface area contributed by atoms with Crippen LogP contribution in [0.1, 0.15) is 27.2 Å². The average molecular weight is 480 g/mol. The number of esters is 1. The summed E-state index contributed by atoms with van der Waals surface area (Å²) in [6.45, 7) is 5.46. The van der Waals surface area contributed by atoms with Gasteiger partial charge in [-0.25, -0.2) is 14.6 Å². The van der Waals surface area contributed by atoms with E-state index < -0.39 is 29.8 Å². The first-order chi connectivity index (χ1) is 16.7. The van der Waals surface area contributed by atoms with Crippen molar-refractivity contribution in [3.8, 4) is 23.0 Å². The van der Waals surface area contributed by atoms with Crippen LogP contribution in [-0.2, 0) is 14.3 Å². The number of amides is 1. The number of hydrogen-bond acceptors (Lipinski definition) is 8. The minimum absolute atomic E-state index is 0.144. The molecule has 0 radical (unpaired) electrons. The van der Waals surface area contributed by atoms with E-state index in [0.29, 0.717) is 28.4 Å². The minimum atomic E-state index is -0.823. The Morgan fingerprint density at radius 3 is 2.43 bits per heavy atom. The second-order valence-electron chi connectivity index (χ2n) is 9.25. The molecule has 1 amide bonds. The van der Waals surface area contributed by atoms with Crippen molar-refractivity contribution < 1.29 is 28.5 Å². The van der Waals surface area contributed by atoms with Crippen LogP contribution in [0.25, 0.3) is 22.3 Å². The molecule has 1 unspecified atom stereocenters. The third-order valence-electron chi connectivity index (χ3n) is 5.54. The standard InChI is InChI=1S/C26H29N3O6/c1-26(2,3)35-25(31)29-15-18(14-21(29)24(30)33-5)34-23-19-13-17(32-4)11-12-20(19)27-22(28-23)16-9-7-6-8-10-16/h6-13,18,21H,14-15H2,1-5H3/t18?,21-/m0/s1. The van der Waals surface area contributed by atoms with Gasteiger partial charge in [0, 0.05) is 12.0 Å². The number of ether oxygens (including phenoxy) is 4. The largest absolute Gasteiger partial charge is 0.497 e. The van der Waals surface area contributed by atoms with E-state index in [1.807, 2.05) is 42.5 Å². The van der Waals surface area contributed by atoms with Crippen LogP contribution in [0.4, 0.5) is 4.79 Å². The zero-order chi connectivity index (χ0) is 25.2. The normalized spacial score (nSPS) is 17.8. The number of carbonyl (C=O) groups is 2. The van der Waals surface area contributed by atoms with Gasteiger partial charge in [-0.1, -0.05) is 30.3 Å². The van der Waals surface area contributed by atoms with Gasteiger partial charge in [0.1, 0.15) is 23.5 Å². The predicted molar refractivity (Wildman–Crippen MR) is 129 cm³/mol. The lowest BCUT2D eigenvalue weighted by atomic mass is 10.1. The van der Waals surface area contributed by atoms with Gasteiger partial charge >= 0.3 is 12.1 Å². The summed E-state index contributed by atoms with van der Waals surface area (Å²) < 4.78 is 22.1. The van der Waals surface area contributed by atoms with Crippen molar-refractivity contribution >= 4 is 23.0 Å². The third kappa shape index (κ3) is 5.45. The van der Waals surface area contributed by atoms with Crippen LogP contribution >= 0.6 is 0 Å². The molecular weight excluding hydrogens is 450 g/mol. The third-order valence-corrected chi connectivity index (χ3v) is 5.54. The molecule has 184 valence electrons. The monoisotopic (exact) mass is 479 g/mol. The molecule has 9 nitrogen and oxygen atoms in total. The zero-order valence-corrected chi connectivity index (χ0v) is 20.5. The summed E-state index contributed by atoms with van der Waals surface area (Å²) in [7, 11) is 2.87. The first-order valence-corrected chi connectivity index (χ1v) is 11.3. The van der Waals surface area contributed by atoms with Crippen molar-refractivity contribution in [2.24, 2.45) is 0 Å². The molecule has 1 fully saturated rings. The quantitative estimate of drug-likeness (QED) is 0.501. The Morgan fingerprint density at radius 1 is 1.03 bits per heavy atom. The maximum absolute atomic E-state index is 12.8. The van der Waals surface area contributed by atoms with Gasteiger partial charge in [0.15, 0.2) is 5.82 Å². The highest BCUT2D eigenvalue weighted by Gasteiger charge is 2.43. The molecule has 9 heteroatoms. The number of likely N-dealkylation sites (tertiary alicyclic amines) is 1. The molecule has 0 bridgehead atoms. The van der Waals surface area contributed by atoms with Gasteiger partial charge in [0.05, 0.1) is 31.7 Å².